The molecule has 3 N–H and O–H groups in total. The van der Waals surface area contributed by atoms with Crippen LogP contribution < -0.4 is 16.2 Å². The quantitative estimate of drug-likeness (QED) is 0.187. The number of likely N-dealkylation sites (tertiary alicyclic amines) is 1. The Hall–Kier alpha value is -3.15. The lowest BCUT2D eigenvalue weighted by Crippen LogP contribution is -2.44. The zero-order chi connectivity index (χ0) is 29.6. The van der Waals surface area contributed by atoms with Gasteiger partial charge in [0.25, 0.3) is 11.5 Å². The van der Waals surface area contributed by atoms with Crippen molar-refractivity contribution in [3.05, 3.63) is 97.2 Å². The zero-order valence-electron chi connectivity index (χ0n) is 22.8. The van der Waals surface area contributed by atoms with Gasteiger partial charge in [0.15, 0.2) is 4.34 Å². The number of piperidine rings is 1. The van der Waals surface area contributed by atoms with E-state index in [1.54, 1.807) is 6.07 Å². The number of aryl methyl sites for hydroxylation is 1. The minimum absolute atomic E-state index is 0.00378. The molecule has 1 aliphatic heterocycles. The summed E-state index contributed by atoms with van der Waals surface area (Å²) in [6.07, 6.45) is 3.27. The Bertz CT molecular complexity index is 1650. The SMILES string of the molecule is Cc1ccc(-c2csc(SCC(=O)NC3CCN(Cc4ccc(Cl)c(Cl)c4)CC3)n2)cc1NC(=O)c1ccc[nH]c1=O. The van der Waals surface area contributed by atoms with Crippen molar-refractivity contribution in [1.29, 1.82) is 0 Å². The summed E-state index contributed by atoms with van der Waals surface area (Å²) in [4.78, 5) is 46.9. The topological polar surface area (TPSA) is 107 Å². The van der Waals surface area contributed by atoms with Crippen LogP contribution in [0, 0.1) is 6.92 Å². The van der Waals surface area contributed by atoms with E-state index in [0.29, 0.717) is 15.7 Å². The molecule has 12 heteroatoms. The lowest BCUT2D eigenvalue weighted by atomic mass is 10.0. The Kier molecular flexibility index (Phi) is 10.0. The van der Waals surface area contributed by atoms with Crippen LogP contribution in [0.15, 0.2) is 69.2 Å². The summed E-state index contributed by atoms with van der Waals surface area (Å²) in [7, 11) is 0. The van der Waals surface area contributed by atoms with E-state index in [2.05, 4.69) is 20.5 Å². The molecule has 42 heavy (non-hydrogen) atoms. The molecular formula is C30H29Cl2N5O3S2. The first kappa shape index (κ1) is 30.3. The van der Waals surface area contributed by atoms with Gasteiger partial charge in [-0.25, -0.2) is 4.98 Å². The molecule has 0 atom stereocenters. The molecule has 2 aromatic heterocycles. The minimum Gasteiger partial charge on any atom is -0.353 e. The highest BCUT2D eigenvalue weighted by atomic mass is 35.5. The largest absolute Gasteiger partial charge is 0.353 e. The van der Waals surface area contributed by atoms with Gasteiger partial charge >= 0.3 is 0 Å². The van der Waals surface area contributed by atoms with Crippen molar-refractivity contribution < 1.29 is 9.59 Å². The second-order valence-corrected chi connectivity index (χ2v) is 12.9. The smallest absolute Gasteiger partial charge is 0.261 e. The van der Waals surface area contributed by atoms with Gasteiger partial charge in [-0.3, -0.25) is 19.3 Å². The number of aromatic nitrogens is 2. The van der Waals surface area contributed by atoms with Gasteiger partial charge in [0, 0.05) is 48.5 Å². The molecule has 8 nitrogen and oxygen atoms in total. The predicted octanol–water partition coefficient (Wildman–Crippen LogP) is 6.24. The van der Waals surface area contributed by atoms with E-state index >= 15 is 0 Å². The second-order valence-electron chi connectivity index (χ2n) is 10.1. The number of carbonyl (C=O) groups is 2. The Morgan fingerprint density at radius 1 is 1.12 bits per heavy atom. The third kappa shape index (κ3) is 7.81. The number of carbonyl (C=O) groups excluding carboxylic acids is 2. The Morgan fingerprint density at radius 3 is 2.69 bits per heavy atom. The van der Waals surface area contributed by atoms with Crippen LogP contribution >= 0.6 is 46.3 Å². The van der Waals surface area contributed by atoms with Crippen molar-refractivity contribution in [1.82, 2.24) is 20.2 Å². The summed E-state index contributed by atoms with van der Waals surface area (Å²) < 4.78 is 0.790. The molecule has 2 aromatic carbocycles. The summed E-state index contributed by atoms with van der Waals surface area (Å²) in [5.74, 6) is -0.192. The molecule has 1 fully saturated rings. The summed E-state index contributed by atoms with van der Waals surface area (Å²) in [5, 5.41) is 9.05. The molecule has 1 aliphatic rings. The van der Waals surface area contributed by atoms with Crippen LogP contribution in [0.2, 0.25) is 10.0 Å². The first-order valence-electron chi connectivity index (χ1n) is 13.4. The van der Waals surface area contributed by atoms with Crippen LogP contribution in [0.5, 0.6) is 0 Å². The molecule has 0 saturated carbocycles. The summed E-state index contributed by atoms with van der Waals surface area (Å²) >= 11 is 15.0. The van der Waals surface area contributed by atoms with Gasteiger partial charge in [0.05, 0.1) is 21.5 Å². The fraction of sp³-hybridized carbons (Fsp3) is 0.267. The van der Waals surface area contributed by atoms with Gasteiger partial charge in [-0.05, 0) is 61.2 Å². The number of rotatable bonds is 9. The molecule has 3 heterocycles. The van der Waals surface area contributed by atoms with Crippen LogP contribution in [0.4, 0.5) is 5.69 Å². The van der Waals surface area contributed by atoms with Gasteiger partial charge in [-0.2, -0.15) is 0 Å². The van der Waals surface area contributed by atoms with Crippen LogP contribution in [0.3, 0.4) is 0 Å². The van der Waals surface area contributed by atoms with Crippen LogP contribution in [-0.2, 0) is 11.3 Å². The van der Waals surface area contributed by atoms with Gasteiger partial charge in [-0.1, -0.05) is 53.2 Å². The van der Waals surface area contributed by atoms with Crippen LogP contribution in [-0.4, -0.2) is 51.6 Å². The number of pyridine rings is 1. The molecule has 0 radical (unpaired) electrons. The fourth-order valence-electron chi connectivity index (χ4n) is 4.69. The van der Waals surface area contributed by atoms with Crippen molar-refractivity contribution in [3.63, 3.8) is 0 Å². The van der Waals surface area contributed by atoms with Gasteiger partial charge in [-0.15, -0.1) is 11.3 Å². The van der Waals surface area contributed by atoms with E-state index in [-0.39, 0.29) is 23.3 Å². The lowest BCUT2D eigenvalue weighted by molar-refractivity contribution is -0.119. The standard InChI is InChI=1S/C30H29Cl2N5O3S2/c1-18-4-6-20(14-25(18)35-29(40)22-3-2-10-33-28(22)39)26-16-41-30(36-26)42-17-27(38)34-21-8-11-37(12-9-21)15-19-5-7-23(31)24(32)13-19/h2-7,10,13-14,16,21H,8-9,11-12,15,17H2,1H3,(H,33,39)(H,34,38)(H,35,40). The summed E-state index contributed by atoms with van der Waals surface area (Å²) in [6.45, 7) is 4.49. The number of benzene rings is 2. The van der Waals surface area contributed by atoms with E-state index in [1.165, 1.54) is 35.4 Å². The number of nitrogens with zero attached hydrogens (tertiary/aromatic N) is 2. The number of anilines is 1. The lowest BCUT2D eigenvalue weighted by Gasteiger charge is -2.32. The Morgan fingerprint density at radius 2 is 1.93 bits per heavy atom. The first-order chi connectivity index (χ1) is 20.2. The Balaban J connectivity index is 1.10. The molecule has 2 amide bonds. The van der Waals surface area contributed by atoms with Crippen LogP contribution in [0.25, 0.3) is 11.3 Å². The van der Waals surface area contributed by atoms with Gasteiger partial charge in [0.1, 0.15) is 5.56 Å². The van der Waals surface area contributed by atoms with E-state index < -0.39 is 11.5 Å². The van der Waals surface area contributed by atoms with Crippen molar-refractivity contribution in [2.24, 2.45) is 0 Å². The number of thioether (sulfide) groups is 1. The highest BCUT2D eigenvalue weighted by Crippen LogP contribution is 2.31. The number of hydrogen-bond acceptors (Lipinski definition) is 7. The molecule has 218 valence electrons. The number of thiazole rings is 1. The molecule has 0 bridgehead atoms. The highest BCUT2D eigenvalue weighted by Gasteiger charge is 2.21. The monoisotopic (exact) mass is 641 g/mol. The summed E-state index contributed by atoms with van der Waals surface area (Å²) in [6, 6.07) is 14.6. The molecule has 0 spiro atoms. The fourth-order valence-corrected chi connectivity index (χ4v) is 6.66. The maximum Gasteiger partial charge on any atom is 0.261 e. The number of hydrogen-bond donors (Lipinski definition) is 3. The average Bonchev–Trinajstić information content (AvgIpc) is 3.45. The molecular weight excluding hydrogens is 613 g/mol. The molecule has 0 aliphatic carbocycles. The van der Waals surface area contributed by atoms with Crippen molar-refractivity contribution in [2.75, 3.05) is 24.2 Å². The molecule has 4 aromatic rings. The number of H-pyrrole nitrogens is 1. The molecule has 5 rings (SSSR count). The predicted molar refractivity (Wildman–Crippen MR) is 171 cm³/mol. The van der Waals surface area contributed by atoms with Crippen molar-refractivity contribution in [2.45, 2.75) is 36.7 Å². The third-order valence-electron chi connectivity index (χ3n) is 7.00. The number of nitrogens with one attached hydrogen (secondary N) is 3. The maximum absolute atomic E-state index is 12.7. The molecule has 0 unspecified atom stereocenters. The molecule has 1 saturated heterocycles. The second kappa shape index (κ2) is 13.9. The first-order valence-corrected chi connectivity index (χ1v) is 16.0. The number of aromatic amines is 1. The Labute approximate surface area is 261 Å². The maximum atomic E-state index is 12.7. The third-order valence-corrected chi connectivity index (χ3v) is 9.76. The van der Waals surface area contributed by atoms with Gasteiger partial charge < -0.3 is 15.6 Å². The van der Waals surface area contributed by atoms with Gasteiger partial charge in [0.2, 0.25) is 5.91 Å². The van der Waals surface area contributed by atoms with Crippen molar-refractivity contribution in [3.8, 4) is 11.3 Å². The number of halogens is 2. The highest BCUT2D eigenvalue weighted by molar-refractivity contribution is 8.01. The van der Waals surface area contributed by atoms with Crippen molar-refractivity contribution >= 4 is 63.8 Å². The average molecular weight is 643 g/mol. The minimum atomic E-state index is -0.477. The number of amides is 2. The normalized spacial score (nSPS) is 14.1. The zero-order valence-corrected chi connectivity index (χ0v) is 25.9. The van der Waals surface area contributed by atoms with E-state index in [0.717, 1.165) is 59.2 Å². The van der Waals surface area contributed by atoms with Crippen LogP contribution in [0.1, 0.15) is 34.3 Å². The van der Waals surface area contributed by atoms with E-state index in [9.17, 15) is 14.4 Å². The van der Waals surface area contributed by atoms with E-state index in [4.69, 9.17) is 28.2 Å². The summed E-state index contributed by atoms with van der Waals surface area (Å²) in [5.41, 5.74) is 3.78. The van der Waals surface area contributed by atoms with E-state index in [1.807, 2.05) is 48.7 Å².